The lowest BCUT2D eigenvalue weighted by Crippen LogP contribution is -2.34. The third-order valence-corrected chi connectivity index (χ3v) is 3.60. The lowest BCUT2D eigenvalue weighted by molar-refractivity contribution is -0.120. The van der Waals surface area contributed by atoms with Gasteiger partial charge in [-0.3, -0.25) is 14.2 Å². The third kappa shape index (κ3) is 2.81. The maximum atomic E-state index is 12.2. The molecule has 8 heteroatoms. The van der Waals surface area contributed by atoms with Crippen LogP contribution in [0, 0.1) is 0 Å². The van der Waals surface area contributed by atoms with E-state index in [0.29, 0.717) is 18.5 Å². The number of fused-ring (bicyclic) bond motifs is 1. The van der Waals surface area contributed by atoms with Crippen LogP contribution in [0.3, 0.4) is 0 Å². The number of rotatable bonds is 4. The van der Waals surface area contributed by atoms with Crippen LogP contribution < -0.4 is 10.9 Å². The Labute approximate surface area is 119 Å². The highest BCUT2D eigenvalue weighted by atomic mass is 16.3. The van der Waals surface area contributed by atoms with Crippen LogP contribution >= 0.6 is 0 Å². The van der Waals surface area contributed by atoms with E-state index >= 15 is 0 Å². The number of hydrogen-bond donors (Lipinski definition) is 2. The quantitative estimate of drug-likeness (QED) is 0.732. The van der Waals surface area contributed by atoms with E-state index in [4.69, 9.17) is 0 Å². The van der Waals surface area contributed by atoms with Gasteiger partial charge in [-0.2, -0.15) is 0 Å². The summed E-state index contributed by atoms with van der Waals surface area (Å²) < 4.78 is 1.24. The summed E-state index contributed by atoms with van der Waals surface area (Å²) in [5, 5.41) is 12.8. The number of carbonyl (C=O) groups excluding carboxylic acids is 1. The van der Waals surface area contributed by atoms with Crippen LogP contribution in [0.5, 0.6) is 0 Å². The highest BCUT2D eigenvalue weighted by molar-refractivity contribution is 5.79. The van der Waals surface area contributed by atoms with Gasteiger partial charge in [-0.1, -0.05) is 0 Å². The van der Waals surface area contributed by atoms with Gasteiger partial charge in [0.1, 0.15) is 11.8 Å². The largest absolute Gasteiger partial charge is 0.391 e. The standard InChI is InChI=1S/C13H15N5O3/c19-8(3-9-11(20)1-2-15-9)5-18-7-17-10-4-14-6-16-12(10)13(18)21/h4,6-7,9,11,15,20H,1-3,5H2. The molecule has 21 heavy (non-hydrogen) atoms. The Bertz CT molecular complexity index is 729. The van der Waals surface area contributed by atoms with Gasteiger partial charge in [0.2, 0.25) is 0 Å². The van der Waals surface area contributed by atoms with Crippen molar-refractivity contribution in [1.82, 2.24) is 24.8 Å². The van der Waals surface area contributed by atoms with E-state index in [2.05, 4.69) is 20.3 Å². The second kappa shape index (κ2) is 5.66. The molecule has 1 saturated heterocycles. The van der Waals surface area contributed by atoms with Crippen molar-refractivity contribution < 1.29 is 9.90 Å². The van der Waals surface area contributed by atoms with Gasteiger partial charge in [-0.15, -0.1) is 0 Å². The first-order valence-electron chi connectivity index (χ1n) is 6.73. The Kier molecular flexibility index (Phi) is 3.72. The number of aliphatic hydroxyl groups is 1. The van der Waals surface area contributed by atoms with Gasteiger partial charge in [0.25, 0.3) is 5.56 Å². The second-order valence-corrected chi connectivity index (χ2v) is 5.09. The molecule has 1 aliphatic rings. The van der Waals surface area contributed by atoms with Gasteiger partial charge in [0.05, 0.1) is 25.2 Å². The average Bonchev–Trinajstić information content (AvgIpc) is 2.87. The van der Waals surface area contributed by atoms with Crippen LogP contribution in [0.15, 0.2) is 23.6 Å². The number of carbonyl (C=O) groups is 1. The molecule has 0 bridgehead atoms. The maximum Gasteiger partial charge on any atom is 0.280 e. The first-order valence-corrected chi connectivity index (χ1v) is 6.73. The van der Waals surface area contributed by atoms with Crippen LogP contribution in [0.4, 0.5) is 0 Å². The van der Waals surface area contributed by atoms with Gasteiger partial charge in [0.15, 0.2) is 11.3 Å². The van der Waals surface area contributed by atoms with Crippen LogP contribution in [0.2, 0.25) is 0 Å². The predicted molar refractivity (Wildman–Crippen MR) is 73.6 cm³/mol. The van der Waals surface area contributed by atoms with Gasteiger partial charge in [-0.05, 0) is 13.0 Å². The van der Waals surface area contributed by atoms with E-state index in [0.717, 1.165) is 0 Å². The highest BCUT2D eigenvalue weighted by Crippen LogP contribution is 2.10. The Morgan fingerprint density at radius 2 is 2.33 bits per heavy atom. The first kappa shape index (κ1) is 13.8. The number of nitrogens with zero attached hydrogens (tertiary/aromatic N) is 4. The molecule has 110 valence electrons. The fraction of sp³-hybridized carbons (Fsp3) is 0.462. The zero-order chi connectivity index (χ0) is 14.8. The van der Waals surface area contributed by atoms with Crippen molar-refractivity contribution in [1.29, 1.82) is 0 Å². The molecule has 3 heterocycles. The molecule has 2 aromatic heterocycles. The van der Waals surface area contributed by atoms with Crippen molar-refractivity contribution in [3.63, 3.8) is 0 Å². The molecular weight excluding hydrogens is 274 g/mol. The molecule has 0 amide bonds. The summed E-state index contributed by atoms with van der Waals surface area (Å²) in [5.41, 5.74) is 0.231. The van der Waals surface area contributed by atoms with E-state index in [1.54, 1.807) is 0 Å². The molecule has 1 aliphatic heterocycles. The molecule has 1 fully saturated rings. The van der Waals surface area contributed by atoms with Gasteiger partial charge in [-0.25, -0.2) is 15.0 Å². The molecule has 0 radical (unpaired) electrons. The average molecular weight is 289 g/mol. The summed E-state index contributed by atoms with van der Waals surface area (Å²) >= 11 is 0. The monoisotopic (exact) mass is 289 g/mol. The molecule has 0 saturated carbocycles. The van der Waals surface area contributed by atoms with Crippen LogP contribution in [0.25, 0.3) is 11.0 Å². The minimum absolute atomic E-state index is 0.0727. The molecule has 2 unspecified atom stereocenters. The highest BCUT2D eigenvalue weighted by Gasteiger charge is 2.26. The van der Waals surface area contributed by atoms with Crippen LogP contribution in [-0.4, -0.2) is 49.1 Å². The summed E-state index contributed by atoms with van der Waals surface area (Å²) in [7, 11) is 0. The fourth-order valence-electron chi connectivity index (χ4n) is 2.48. The van der Waals surface area contributed by atoms with Crippen molar-refractivity contribution >= 4 is 16.8 Å². The molecule has 8 nitrogen and oxygen atoms in total. The van der Waals surface area contributed by atoms with Crippen molar-refractivity contribution in [2.75, 3.05) is 6.54 Å². The molecule has 0 aliphatic carbocycles. The van der Waals surface area contributed by atoms with Gasteiger partial charge in [0, 0.05) is 12.5 Å². The maximum absolute atomic E-state index is 12.2. The Morgan fingerprint density at radius 3 is 3.10 bits per heavy atom. The lowest BCUT2D eigenvalue weighted by atomic mass is 10.1. The summed E-state index contributed by atoms with van der Waals surface area (Å²) in [5.74, 6) is -0.134. The molecular formula is C13H15N5O3. The minimum atomic E-state index is -0.506. The van der Waals surface area contributed by atoms with Crippen LogP contribution in [0.1, 0.15) is 12.8 Å². The lowest BCUT2D eigenvalue weighted by Gasteiger charge is -2.14. The summed E-state index contributed by atoms with van der Waals surface area (Å²) in [6, 6.07) is -0.232. The predicted octanol–water partition coefficient (Wildman–Crippen LogP) is -1.13. The SMILES string of the molecule is O=C(CC1NCCC1O)Cn1cnc2cncnc2c1=O. The molecule has 0 aromatic carbocycles. The number of Topliss-reactive ketones (excluding diaryl/α,β-unsaturated/α-hetero) is 1. The molecule has 2 N–H and O–H groups in total. The normalized spacial score (nSPS) is 21.8. The minimum Gasteiger partial charge on any atom is -0.391 e. The van der Waals surface area contributed by atoms with Crippen molar-refractivity contribution in [3.05, 3.63) is 29.2 Å². The third-order valence-electron chi connectivity index (χ3n) is 3.60. The topological polar surface area (TPSA) is 110 Å². The molecule has 2 atom stereocenters. The van der Waals surface area contributed by atoms with Crippen molar-refractivity contribution in [2.24, 2.45) is 0 Å². The fourth-order valence-corrected chi connectivity index (χ4v) is 2.48. The Balaban J connectivity index is 1.77. The first-order chi connectivity index (χ1) is 10.1. The van der Waals surface area contributed by atoms with E-state index in [9.17, 15) is 14.7 Å². The molecule has 3 rings (SSSR count). The van der Waals surface area contributed by atoms with Gasteiger partial charge < -0.3 is 10.4 Å². The van der Waals surface area contributed by atoms with Crippen molar-refractivity contribution in [2.45, 2.75) is 31.5 Å². The number of ketones is 1. The number of aliphatic hydroxyl groups excluding tert-OH is 1. The van der Waals surface area contributed by atoms with E-state index < -0.39 is 6.10 Å². The van der Waals surface area contributed by atoms with E-state index in [-0.39, 0.29) is 35.9 Å². The van der Waals surface area contributed by atoms with E-state index in [1.165, 1.54) is 23.4 Å². The Morgan fingerprint density at radius 1 is 1.48 bits per heavy atom. The zero-order valence-corrected chi connectivity index (χ0v) is 11.3. The number of aromatic nitrogens is 4. The van der Waals surface area contributed by atoms with Crippen molar-refractivity contribution in [3.8, 4) is 0 Å². The summed E-state index contributed by atoms with van der Waals surface area (Å²) in [6.45, 7) is 0.629. The van der Waals surface area contributed by atoms with E-state index in [1.807, 2.05) is 0 Å². The number of nitrogens with one attached hydrogen (secondary N) is 1. The van der Waals surface area contributed by atoms with Gasteiger partial charge >= 0.3 is 0 Å². The Hall–Kier alpha value is -2.19. The summed E-state index contributed by atoms with van der Waals surface area (Å²) in [6.07, 6.45) is 4.38. The zero-order valence-electron chi connectivity index (χ0n) is 11.3. The number of hydrogen-bond acceptors (Lipinski definition) is 7. The smallest absolute Gasteiger partial charge is 0.280 e. The molecule has 2 aromatic rings. The second-order valence-electron chi connectivity index (χ2n) is 5.09. The van der Waals surface area contributed by atoms with Crippen LogP contribution in [-0.2, 0) is 11.3 Å². The molecule has 0 spiro atoms. The summed E-state index contributed by atoms with van der Waals surface area (Å²) in [4.78, 5) is 36.0.